The topological polar surface area (TPSA) is 52.8 Å². The summed E-state index contributed by atoms with van der Waals surface area (Å²) in [6, 6.07) is 5.71. The minimum Gasteiger partial charge on any atom is -0.369 e. The molecule has 2 heterocycles. The summed E-state index contributed by atoms with van der Waals surface area (Å²) in [5.41, 5.74) is 9.04. The van der Waals surface area contributed by atoms with Gasteiger partial charge in [-0.05, 0) is 25.1 Å². The van der Waals surface area contributed by atoms with Gasteiger partial charge in [0.15, 0.2) is 0 Å². The molecule has 0 aliphatic carbocycles. The maximum Gasteiger partial charge on any atom is 0.248 e. The quantitative estimate of drug-likeness (QED) is 0.908. The molecule has 0 spiro atoms. The molecule has 1 unspecified atom stereocenters. The Morgan fingerprint density at radius 3 is 2.62 bits per heavy atom. The fourth-order valence-electron chi connectivity index (χ4n) is 3.29. The fourth-order valence-corrected chi connectivity index (χ4v) is 3.29. The van der Waals surface area contributed by atoms with E-state index < -0.39 is 6.04 Å². The van der Waals surface area contributed by atoms with Crippen LogP contribution in [0.15, 0.2) is 18.2 Å². The zero-order chi connectivity index (χ0) is 15.0. The molecule has 5 heteroatoms. The number of nitrogens with zero attached hydrogens (tertiary/aromatic N) is 3. The van der Waals surface area contributed by atoms with E-state index in [1.54, 1.807) is 11.9 Å². The van der Waals surface area contributed by atoms with E-state index in [0.717, 1.165) is 37.4 Å². The molecule has 21 heavy (non-hydrogen) atoms. The van der Waals surface area contributed by atoms with Crippen LogP contribution < -0.4 is 15.5 Å². The molecule has 1 aromatic carbocycles. The van der Waals surface area contributed by atoms with Crippen LogP contribution in [0.1, 0.15) is 24.9 Å². The van der Waals surface area contributed by atoms with Crippen molar-refractivity contribution in [3.8, 4) is 0 Å². The van der Waals surface area contributed by atoms with Crippen LogP contribution in [0.4, 0.5) is 11.4 Å². The Balaban J connectivity index is 1.76. The lowest BCUT2D eigenvalue weighted by molar-refractivity contribution is -0.118. The van der Waals surface area contributed by atoms with Gasteiger partial charge >= 0.3 is 0 Å². The minimum atomic E-state index is -0.500. The van der Waals surface area contributed by atoms with E-state index in [4.69, 9.17) is 5.73 Å². The van der Waals surface area contributed by atoms with Gasteiger partial charge in [0.05, 0.1) is 5.69 Å². The largest absolute Gasteiger partial charge is 0.369 e. The van der Waals surface area contributed by atoms with Crippen LogP contribution in [-0.4, -0.2) is 50.6 Å². The average molecular weight is 288 g/mol. The Labute approximate surface area is 126 Å². The van der Waals surface area contributed by atoms with Crippen molar-refractivity contribution in [1.82, 2.24) is 4.90 Å². The third-order valence-electron chi connectivity index (χ3n) is 4.58. The molecule has 1 amide bonds. The number of hydrogen-bond acceptors (Lipinski definition) is 4. The van der Waals surface area contributed by atoms with E-state index >= 15 is 0 Å². The van der Waals surface area contributed by atoms with Crippen molar-refractivity contribution in [2.75, 3.05) is 49.6 Å². The molecule has 1 fully saturated rings. The third-order valence-corrected chi connectivity index (χ3v) is 4.58. The number of amides is 1. The molecule has 1 saturated heterocycles. The first-order chi connectivity index (χ1) is 10.1. The van der Waals surface area contributed by atoms with E-state index in [0.29, 0.717) is 0 Å². The number of likely N-dealkylation sites (N-methyl/N-ethyl adjacent to an activating group) is 1. The van der Waals surface area contributed by atoms with Crippen molar-refractivity contribution in [2.45, 2.75) is 19.4 Å². The van der Waals surface area contributed by atoms with E-state index in [1.807, 2.05) is 6.07 Å². The summed E-state index contributed by atoms with van der Waals surface area (Å²) in [5, 5.41) is 0. The molecule has 1 atom stereocenters. The molecule has 0 aromatic heterocycles. The van der Waals surface area contributed by atoms with Gasteiger partial charge in [0.2, 0.25) is 5.91 Å². The highest BCUT2D eigenvalue weighted by molar-refractivity contribution is 6.04. The normalized spacial score (nSPS) is 22.8. The molecular weight excluding hydrogens is 264 g/mol. The Bertz CT molecular complexity index is 537. The molecule has 3 rings (SSSR count). The molecule has 0 saturated carbocycles. The van der Waals surface area contributed by atoms with Crippen LogP contribution in [0, 0.1) is 0 Å². The molecule has 0 bridgehead atoms. The van der Waals surface area contributed by atoms with Gasteiger partial charge in [-0.3, -0.25) is 9.69 Å². The minimum absolute atomic E-state index is 0.0186. The van der Waals surface area contributed by atoms with Crippen molar-refractivity contribution >= 4 is 17.3 Å². The summed E-state index contributed by atoms with van der Waals surface area (Å²) in [5.74, 6) is -0.0186. The Hall–Kier alpha value is -1.59. The molecule has 2 N–H and O–H groups in total. The third kappa shape index (κ3) is 2.51. The smallest absolute Gasteiger partial charge is 0.248 e. The maximum atomic E-state index is 11.9. The van der Waals surface area contributed by atoms with Crippen LogP contribution in [0.5, 0.6) is 0 Å². The van der Waals surface area contributed by atoms with Crippen molar-refractivity contribution in [3.63, 3.8) is 0 Å². The van der Waals surface area contributed by atoms with Gasteiger partial charge in [0, 0.05) is 44.5 Å². The number of fused-ring (bicyclic) bond motifs is 1. The van der Waals surface area contributed by atoms with Gasteiger partial charge in [0.1, 0.15) is 6.04 Å². The Morgan fingerprint density at radius 2 is 1.95 bits per heavy atom. The van der Waals surface area contributed by atoms with Crippen LogP contribution in [0.3, 0.4) is 0 Å². The highest BCUT2D eigenvalue weighted by atomic mass is 16.2. The number of nitrogens with two attached hydrogens (primary N) is 1. The lowest BCUT2D eigenvalue weighted by Crippen LogP contribution is -2.46. The number of hydrogen-bond donors (Lipinski definition) is 1. The SMILES string of the molecule is CCCN1CCN(c2ccc3c(c2)N(C)C(=O)C3N)CC1. The molecule has 2 aliphatic rings. The predicted molar refractivity (Wildman–Crippen MR) is 85.7 cm³/mol. The number of benzene rings is 1. The lowest BCUT2D eigenvalue weighted by atomic mass is 10.1. The molecule has 2 aliphatic heterocycles. The highest BCUT2D eigenvalue weighted by Gasteiger charge is 2.32. The number of rotatable bonds is 3. The molecule has 5 nitrogen and oxygen atoms in total. The lowest BCUT2D eigenvalue weighted by Gasteiger charge is -2.36. The van der Waals surface area contributed by atoms with E-state index in [9.17, 15) is 4.79 Å². The Kier molecular flexibility index (Phi) is 3.87. The summed E-state index contributed by atoms with van der Waals surface area (Å²) in [6.07, 6.45) is 1.21. The summed E-state index contributed by atoms with van der Waals surface area (Å²) >= 11 is 0. The monoisotopic (exact) mass is 288 g/mol. The van der Waals surface area contributed by atoms with Gasteiger partial charge < -0.3 is 15.5 Å². The standard InChI is InChI=1S/C16H24N4O/c1-3-6-19-7-9-20(10-8-19)12-4-5-13-14(11-12)18(2)16(21)15(13)17/h4-5,11,15H,3,6-10,17H2,1-2H3. The molecule has 114 valence electrons. The van der Waals surface area contributed by atoms with Crippen LogP contribution >= 0.6 is 0 Å². The summed E-state index contributed by atoms with van der Waals surface area (Å²) in [6.45, 7) is 7.72. The van der Waals surface area contributed by atoms with Crippen LogP contribution in [0.25, 0.3) is 0 Å². The Morgan fingerprint density at radius 1 is 1.24 bits per heavy atom. The van der Waals surface area contributed by atoms with Crippen LogP contribution in [0.2, 0.25) is 0 Å². The highest BCUT2D eigenvalue weighted by Crippen LogP contribution is 2.36. The second-order valence-electron chi connectivity index (χ2n) is 5.95. The number of piperazine rings is 1. The number of carbonyl (C=O) groups is 1. The second kappa shape index (κ2) is 5.66. The number of anilines is 2. The summed E-state index contributed by atoms with van der Waals surface area (Å²) < 4.78 is 0. The summed E-state index contributed by atoms with van der Waals surface area (Å²) in [4.78, 5) is 18.5. The van der Waals surface area contributed by atoms with Gasteiger partial charge in [-0.2, -0.15) is 0 Å². The van der Waals surface area contributed by atoms with Gasteiger partial charge in [0.25, 0.3) is 0 Å². The van der Waals surface area contributed by atoms with Crippen molar-refractivity contribution < 1.29 is 4.79 Å². The predicted octanol–water partition coefficient (Wildman–Crippen LogP) is 1.19. The van der Waals surface area contributed by atoms with E-state index in [2.05, 4.69) is 28.9 Å². The van der Waals surface area contributed by atoms with Crippen LogP contribution in [-0.2, 0) is 4.79 Å². The first kappa shape index (κ1) is 14.4. The molecule has 0 radical (unpaired) electrons. The van der Waals surface area contributed by atoms with E-state index in [-0.39, 0.29) is 5.91 Å². The average Bonchev–Trinajstić information content (AvgIpc) is 2.73. The van der Waals surface area contributed by atoms with Crippen molar-refractivity contribution in [3.05, 3.63) is 23.8 Å². The molecule has 1 aromatic rings. The maximum absolute atomic E-state index is 11.9. The van der Waals surface area contributed by atoms with Gasteiger partial charge in [-0.15, -0.1) is 0 Å². The van der Waals surface area contributed by atoms with E-state index in [1.165, 1.54) is 18.7 Å². The first-order valence-electron chi connectivity index (χ1n) is 7.76. The van der Waals surface area contributed by atoms with Gasteiger partial charge in [-0.25, -0.2) is 0 Å². The van der Waals surface area contributed by atoms with Crippen molar-refractivity contribution in [2.24, 2.45) is 5.73 Å². The van der Waals surface area contributed by atoms with Crippen molar-refractivity contribution in [1.29, 1.82) is 0 Å². The zero-order valence-electron chi connectivity index (χ0n) is 12.9. The molecular formula is C16H24N4O. The summed E-state index contributed by atoms with van der Waals surface area (Å²) in [7, 11) is 1.80. The van der Waals surface area contributed by atoms with Gasteiger partial charge in [-0.1, -0.05) is 13.0 Å². The second-order valence-corrected chi connectivity index (χ2v) is 5.95. The fraction of sp³-hybridized carbons (Fsp3) is 0.562. The first-order valence-corrected chi connectivity index (χ1v) is 7.76. The number of carbonyl (C=O) groups excluding carboxylic acids is 1. The zero-order valence-corrected chi connectivity index (χ0v) is 12.9.